The number of aryl methyl sites for hydroxylation is 2. The summed E-state index contributed by atoms with van der Waals surface area (Å²) in [6.07, 6.45) is 25.3. The standard InChI is InChI=1S/C42H55N3O3.C26H29NO4.C16H28N2.2H2S/c1-4-5-6-14-29-45(3)30-15-18-34-22-26-38(27-23-34)44-41(46)33(2)31-37-25-24-36(39-20-10-11-21-40(37)39)19-12-13-28-43-42(47)48-32-35-16-8-7-9-17-35;1-19(25(28)29)17-22-15-14-21(23-12-5-6-13-24(22)23)11-7-8-16-27-26(30)31-18-20-9-3-2-4-10-20;1-3-4-5-6-13-18(2)14-7-8-15-9-11-16(17)12-10-15;;/h7-9,16-17,22-27,33H,4-6,10-11,13-15,18,20-21,28-32H2,1-3H3,(H,43,47)(H,44,46);2-4,9-10,14-15,19H,5-6,8,12-13,16-18H2,1H3,(H,27,30)(H,28,29);9-12H,3-8,13-14,17H2,1-2H3;2*1H2/t33-;19-;;;/m00.../s1. The number of carbonyl (C=O) groups is 4. The SMILES string of the molecule is CCCCCCN(C)CCCc1ccc(N)cc1.CCCCCCN(C)CCCc1ccc(NC(=O)[C@@H](C)Cc2ccc(C#CCCNC(=O)OCc3ccccc3)c3c2CCCC3)cc1.C[C@@H](Cc1ccc(C#CCCNC(=O)OCc2ccccc2)c2c1CCCC2)C(=O)O.S.S. The van der Waals surface area contributed by atoms with Crippen molar-refractivity contribution >= 4 is 62.4 Å². The highest BCUT2D eigenvalue weighted by atomic mass is 32.1. The zero-order chi connectivity index (χ0) is 69.2. The van der Waals surface area contributed by atoms with Crippen LogP contribution >= 0.6 is 27.0 Å². The van der Waals surface area contributed by atoms with Crippen molar-refractivity contribution in [2.24, 2.45) is 11.8 Å². The molecule has 6 aromatic carbocycles. The van der Waals surface area contributed by atoms with Crippen molar-refractivity contribution in [1.29, 1.82) is 0 Å². The number of hydrogen-bond acceptors (Lipinski definition) is 9. The van der Waals surface area contributed by atoms with Crippen LogP contribution in [0, 0.1) is 35.5 Å². The maximum absolute atomic E-state index is 13.2. The Labute approximate surface area is 608 Å². The minimum Gasteiger partial charge on any atom is -0.481 e. The van der Waals surface area contributed by atoms with Crippen LogP contribution in [0.25, 0.3) is 0 Å². The molecule has 2 atom stereocenters. The van der Waals surface area contributed by atoms with Crippen molar-refractivity contribution in [1.82, 2.24) is 20.4 Å². The number of carboxylic acid groups (broad SMARTS) is 1. The van der Waals surface area contributed by atoms with Gasteiger partial charge < -0.3 is 46.1 Å². The number of nitrogens with one attached hydrogen (secondary N) is 3. The van der Waals surface area contributed by atoms with Crippen LogP contribution in [0.15, 0.2) is 133 Å². The number of carboxylic acids is 1. The Hall–Kier alpha value is -7.66. The molecule has 0 aliphatic heterocycles. The summed E-state index contributed by atoms with van der Waals surface area (Å²) in [6, 6.07) is 44.1. The molecule has 3 amide bonds. The number of aliphatic carboxylic acids is 1. The monoisotopic (exact) mass is 1380 g/mol. The summed E-state index contributed by atoms with van der Waals surface area (Å²) in [5, 5.41) is 17.9. The van der Waals surface area contributed by atoms with Gasteiger partial charge in [-0.05, 0) is 235 Å². The fraction of sp³-hybridized carbons (Fsp3) is 0.476. The molecule has 0 bridgehead atoms. The average Bonchev–Trinajstić information content (AvgIpc) is 0.820. The highest BCUT2D eigenvalue weighted by Crippen LogP contribution is 2.31. The second-order valence-electron chi connectivity index (χ2n) is 26.4. The van der Waals surface area contributed by atoms with Crippen molar-refractivity contribution in [2.75, 3.05) is 64.4 Å². The summed E-state index contributed by atoms with van der Waals surface area (Å²) in [6.45, 7) is 14.4. The lowest BCUT2D eigenvalue weighted by Gasteiger charge is -2.22. The van der Waals surface area contributed by atoms with Crippen molar-refractivity contribution in [3.8, 4) is 23.7 Å². The number of ether oxygens (including phenoxy) is 2. The number of unbranched alkanes of at least 4 members (excludes halogenated alkanes) is 6. The minimum absolute atomic E-state index is 0. The van der Waals surface area contributed by atoms with E-state index in [0.29, 0.717) is 38.8 Å². The van der Waals surface area contributed by atoms with Crippen LogP contribution in [0.2, 0.25) is 0 Å². The summed E-state index contributed by atoms with van der Waals surface area (Å²) >= 11 is 0. The van der Waals surface area contributed by atoms with Crippen LogP contribution in [0.1, 0.15) is 197 Å². The number of alkyl carbamates (subject to hydrolysis) is 2. The quantitative estimate of drug-likeness (QED) is 0.0151. The van der Waals surface area contributed by atoms with Crippen LogP contribution < -0.4 is 21.7 Å². The normalized spacial score (nSPS) is 12.4. The summed E-state index contributed by atoms with van der Waals surface area (Å²) in [5.41, 5.74) is 21.7. The van der Waals surface area contributed by atoms with E-state index in [1.165, 1.54) is 116 Å². The van der Waals surface area contributed by atoms with Crippen molar-refractivity contribution < 1.29 is 33.8 Å². The van der Waals surface area contributed by atoms with Crippen LogP contribution in [0.4, 0.5) is 21.0 Å². The fourth-order valence-electron chi connectivity index (χ4n) is 12.3. The molecule has 15 heteroatoms. The molecule has 2 aliphatic carbocycles. The molecule has 8 rings (SSSR count). The number of fused-ring (bicyclic) bond motifs is 2. The third-order valence-corrected chi connectivity index (χ3v) is 18.1. The highest BCUT2D eigenvalue weighted by molar-refractivity contribution is 7.59. The van der Waals surface area contributed by atoms with Crippen molar-refractivity contribution in [3.05, 3.63) is 200 Å². The fourth-order valence-corrected chi connectivity index (χ4v) is 12.3. The molecule has 6 aromatic rings. The molecule has 0 saturated carbocycles. The molecule has 0 aromatic heterocycles. The topological polar surface area (TPSA) is 176 Å². The number of nitrogen functional groups attached to an aromatic ring is 1. The van der Waals surface area contributed by atoms with E-state index >= 15 is 0 Å². The number of benzene rings is 6. The molecule has 2 aliphatic rings. The van der Waals surface area contributed by atoms with Gasteiger partial charge in [0.25, 0.3) is 0 Å². The van der Waals surface area contributed by atoms with Crippen LogP contribution in [0.3, 0.4) is 0 Å². The van der Waals surface area contributed by atoms with E-state index in [-0.39, 0.29) is 52.0 Å². The number of anilines is 2. The summed E-state index contributed by atoms with van der Waals surface area (Å²) in [4.78, 5) is 53.1. The third kappa shape index (κ3) is 32.9. The zero-order valence-electron chi connectivity index (χ0n) is 60.4. The highest BCUT2D eigenvalue weighted by Gasteiger charge is 2.22. The maximum atomic E-state index is 13.2. The van der Waals surface area contributed by atoms with Gasteiger partial charge in [0.15, 0.2) is 0 Å². The van der Waals surface area contributed by atoms with Crippen LogP contribution in [-0.4, -0.2) is 92.3 Å². The Morgan fingerprint density at radius 1 is 0.495 bits per heavy atom. The van der Waals surface area contributed by atoms with Gasteiger partial charge >= 0.3 is 18.2 Å². The molecular formula is C84H116N6O7S2. The molecule has 6 N–H and O–H groups in total. The van der Waals surface area contributed by atoms with Gasteiger partial charge in [-0.25, -0.2) is 9.59 Å². The molecule has 0 fully saturated rings. The lowest BCUT2D eigenvalue weighted by Crippen LogP contribution is -2.24. The average molecular weight is 1390 g/mol. The molecule has 536 valence electrons. The van der Waals surface area contributed by atoms with E-state index in [2.05, 4.69) is 114 Å². The summed E-state index contributed by atoms with van der Waals surface area (Å²) in [7, 11) is 4.45. The second-order valence-corrected chi connectivity index (χ2v) is 26.4. The number of nitrogens with two attached hydrogens (primary N) is 1. The molecular weight excluding hydrogens is 1270 g/mol. The molecule has 13 nitrogen and oxygen atoms in total. The van der Waals surface area contributed by atoms with Gasteiger partial charge in [0.1, 0.15) is 13.2 Å². The third-order valence-electron chi connectivity index (χ3n) is 18.1. The maximum Gasteiger partial charge on any atom is 0.407 e. The van der Waals surface area contributed by atoms with Gasteiger partial charge in [-0.15, -0.1) is 0 Å². The number of carbonyl (C=O) groups excluding carboxylic acids is 3. The number of hydrogen-bond donors (Lipinski definition) is 5. The van der Waals surface area contributed by atoms with Gasteiger partial charge in [0.05, 0.1) is 5.92 Å². The number of nitrogens with zero attached hydrogens (tertiary/aromatic N) is 2. The van der Waals surface area contributed by atoms with Crippen molar-refractivity contribution in [2.45, 2.75) is 195 Å². The Morgan fingerprint density at radius 3 is 1.32 bits per heavy atom. The Bertz CT molecular complexity index is 3440. The summed E-state index contributed by atoms with van der Waals surface area (Å²) < 4.78 is 10.5. The molecule has 0 radical (unpaired) electrons. The molecule has 0 unspecified atom stereocenters. The molecule has 0 spiro atoms. The van der Waals surface area contributed by atoms with E-state index in [4.69, 9.17) is 15.2 Å². The van der Waals surface area contributed by atoms with Crippen LogP contribution in [0.5, 0.6) is 0 Å². The van der Waals surface area contributed by atoms with Gasteiger partial charge in [-0.3, -0.25) is 9.59 Å². The Morgan fingerprint density at radius 2 is 0.899 bits per heavy atom. The molecule has 99 heavy (non-hydrogen) atoms. The minimum atomic E-state index is -0.761. The lowest BCUT2D eigenvalue weighted by molar-refractivity contribution is -0.141. The van der Waals surface area contributed by atoms with E-state index in [0.717, 1.165) is 116 Å². The first-order valence-corrected chi connectivity index (χ1v) is 36.2. The number of amides is 3. The predicted octanol–water partition coefficient (Wildman–Crippen LogP) is 16.9. The van der Waals surface area contributed by atoms with Gasteiger partial charge in [0.2, 0.25) is 5.91 Å². The second kappa shape index (κ2) is 49.0. The lowest BCUT2D eigenvalue weighted by atomic mass is 9.82. The molecule has 0 saturated heterocycles. The number of rotatable bonds is 33. The van der Waals surface area contributed by atoms with Gasteiger partial charge in [-0.2, -0.15) is 27.0 Å². The first-order valence-electron chi connectivity index (χ1n) is 36.2. The Balaban J connectivity index is 0.000000348. The first-order chi connectivity index (χ1) is 47.2. The first kappa shape index (κ1) is 83.8. The predicted molar refractivity (Wildman–Crippen MR) is 418 cm³/mol. The van der Waals surface area contributed by atoms with E-state index in [1.54, 1.807) is 6.92 Å². The smallest absolute Gasteiger partial charge is 0.407 e. The summed E-state index contributed by atoms with van der Waals surface area (Å²) in [5.74, 6) is 11.7. The Kier molecular flexibility index (Phi) is 41.4. The van der Waals surface area contributed by atoms with Gasteiger partial charge in [-0.1, -0.05) is 187 Å². The largest absolute Gasteiger partial charge is 0.481 e. The van der Waals surface area contributed by atoms with E-state index < -0.39 is 24.1 Å². The van der Waals surface area contributed by atoms with E-state index in [1.807, 2.05) is 104 Å². The van der Waals surface area contributed by atoms with E-state index in [9.17, 15) is 24.3 Å². The molecule has 0 heterocycles. The van der Waals surface area contributed by atoms with Crippen molar-refractivity contribution in [3.63, 3.8) is 0 Å². The van der Waals surface area contributed by atoms with Crippen LogP contribution in [-0.2, 0) is 83.6 Å². The van der Waals surface area contributed by atoms with Gasteiger partial charge in [0, 0.05) is 54.4 Å². The zero-order valence-corrected chi connectivity index (χ0v) is 62.4.